The minimum atomic E-state index is -5.17. The van der Waals surface area contributed by atoms with Crippen molar-refractivity contribution in [3.8, 4) is 0 Å². The number of aromatic nitrogens is 2. The van der Waals surface area contributed by atoms with Crippen molar-refractivity contribution >= 4 is 35.8 Å². The number of hydrogen-bond donors (Lipinski definition) is 0. The van der Waals surface area contributed by atoms with Gasteiger partial charge < -0.3 is 18.7 Å². The molecule has 0 atom stereocenters. The first kappa shape index (κ1) is 24.2. The maximum Gasteiger partial charge on any atom is 1.00 e. The van der Waals surface area contributed by atoms with Gasteiger partial charge in [0.1, 0.15) is 5.82 Å². The van der Waals surface area contributed by atoms with Crippen molar-refractivity contribution in [2.75, 3.05) is 0 Å². The molecule has 11 heteroatoms. The average Bonchev–Trinajstić information content (AvgIpc) is 3.10. The Morgan fingerprint density at radius 2 is 2.04 bits per heavy atom. The van der Waals surface area contributed by atoms with E-state index in [1.54, 1.807) is 5.38 Å². The third kappa shape index (κ3) is 4.94. The summed E-state index contributed by atoms with van der Waals surface area (Å²) in [4.78, 5) is 39.7. The second-order valence-electron chi connectivity index (χ2n) is 5.24. The van der Waals surface area contributed by atoms with Crippen LogP contribution >= 0.6 is 19.1 Å². The number of carbonyl (C=O) groups is 1. The van der Waals surface area contributed by atoms with Crippen molar-refractivity contribution in [1.29, 1.82) is 0 Å². The van der Waals surface area contributed by atoms with Crippen LogP contribution in [0.5, 0.6) is 0 Å². The van der Waals surface area contributed by atoms with Gasteiger partial charge in [0.15, 0.2) is 5.01 Å². The molecule has 0 amide bonds. The standard InChI is InChI=1S/C15H14FN2O4PS.2Na/c1-2-3-10-8-24-15(17-10)14(19)12-7-18(23(20,21)22)13-5-4-9(16)6-11(12)13;;/h4-8H,2-3H2,1H3,(H2,20,21,22);;/q;2*+1/p-2. The Bertz CT molecular complexity index is 985. The maximum atomic E-state index is 13.5. The van der Waals surface area contributed by atoms with E-state index >= 15 is 0 Å². The van der Waals surface area contributed by atoms with E-state index in [1.165, 1.54) is 0 Å². The molecule has 3 rings (SSSR count). The predicted molar refractivity (Wildman–Crippen MR) is 84.4 cm³/mol. The Kier molecular flexibility index (Phi) is 8.89. The molecule has 126 valence electrons. The van der Waals surface area contributed by atoms with Gasteiger partial charge in [-0.2, -0.15) is 0 Å². The molecule has 2 heterocycles. The Hall–Kier alpha value is 0.140. The number of hydrogen-bond acceptors (Lipinski definition) is 6. The summed E-state index contributed by atoms with van der Waals surface area (Å²) in [6.45, 7) is 1.98. The SMILES string of the molecule is CCCc1csc(C(=O)c2cn(P(=O)([O-])[O-])c3ccc(F)cc23)n1.[Na+].[Na+]. The molecule has 0 bridgehead atoms. The number of nitrogens with zero attached hydrogens (tertiary/aromatic N) is 2. The van der Waals surface area contributed by atoms with Crippen LogP contribution in [-0.2, 0) is 11.0 Å². The van der Waals surface area contributed by atoms with Gasteiger partial charge >= 0.3 is 59.1 Å². The van der Waals surface area contributed by atoms with E-state index in [1.807, 2.05) is 6.92 Å². The van der Waals surface area contributed by atoms with Gasteiger partial charge in [0.05, 0.1) is 16.8 Å². The monoisotopic (exact) mass is 412 g/mol. The molecule has 0 aliphatic carbocycles. The number of ketones is 1. The Morgan fingerprint density at radius 3 is 2.65 bits per heavy atom. The number of rotatable bonds is 5. The van der Waals surface area contributed by atoms with Crippen LogP contribution in [0, 0.1) is 5.82 Å². The summed E-state index contributed by atoms with van der Waals surface area (Å²) in [6, 6.07) is 3.23. The normalized spacial score (nSPS) is 11.1. The third-order valence-corrected chi connectivity index (χ3v) is 5.26. The van der Waals surface area contributed by atoms with Crippen LogP contribution in [-0.4, -0.2) is 15.1 Å². The quantitative estimate of drug-likeness (QED) is 0.243. The molecule has 0 N–H and O–H groups in total. The van der Waals surface area contributed by atoms with Crippen LogP contribution in [0.25, 0.3) is 10.9 Å². The van der Waals surface area contributed by atoms with E-state index < -0.39 is 19.3 Å². The minimum absolute atomic E-state index is 0. The molecule has 0 aliphatic heterocycles. The molecule has 0 fully saturated rings. The Balaban J connectivity index is 0.00000169. The van der Waals surface area contributed by atoms with Crippen LogP contribution in [0.3, 0.4) is 0 Å². The van der Waals surface area contributed by atoms with Crippen LogP contribution < -0.4 is 68.9 Å². The zero-order chi connectivity index (χ0) is 17.5. The molecule has 0 saturated heterocycles. The van der Waals surface area contributed by atoms with E-state index in [0.717, 1.165) is 54.3 Å². The smallest absolute Gasteiger partial charge is 0.795 e. The van der Waals surface area contributed by atoms with Gasteiger partial charge in [0.25, 0.3) is 0 Å². The summed E-state index contributed by atoms with van der Waals surface area (Å²) in [7, 11) is -5.17. The van der Waals surface area contributed by atoms with Crippen molar-refractivity contribution in [2.45, 2.75) is 19.8 Å². The number of carbonyl (C=O) groups excluding carboxylic acids is 1. The zero-order valence-corrected chi connectivity index (χ0v) is 20.3. The van der Waals surface area contributed by atoms with E-state index in [2.05, 4.69) is 4.98 Å². The second kappa shape index (κ2) is 9.56. The first-order chi connectivity index (χ1) is 11.3. The molecule has 26 heavy (non-hydrogen) atoms. The summed E-state index contributed by atoms with van der Waals surface area (Å²) >= 11 is 1.13. The largest absolute Gasteiger partial charge is 1.00 e. The molecule has 0 saturated carbocycles. The molecular formula is C15H12FN2Na2O4PS. The summed E-state index contributed by atoms with van der Waals surface area (Å²) in [6.07, 6.45) is 2.53. The fourth-order valence-corrected chi connectivity index (χ4v) is 3.97. The van der Waals surface area contributed by atoms with Crippen LogP contribution in [0.4, 0.5) is 4.39 Å². The summed E-state index contributed by atoms with van der Waals surface area (Å²) in [5.74, 6) is -1.17. The van der Waals surface area contributed by atoms with Crippen molar-refractivity contribution in [3.63, 3.8) is 0 Å². The number of aryl methyl sites for hydroxylation is 1. The molecule has 3 aromatic rings. The van der Waals surface area contributed by atoms with Gasteiger partial charge in [0.2, 0.25) is 5.78 Å². The predicted octanol–water partition coefficient (Wildman–Crippen LogP) is -3.89. The third-order valence-electron chi connectivity index (χ3n) is 3.51. The first-order valence-corrected chi connectivity index (χ1v) is 9.51. The van der Waals surface area contributed by atoms with Crippen LogP contribution in [0.1, 0.15) is 34.4 Å². The first-order valence-electron chi connectivity index (χ1n) is 7.14. The molecule has 0 radical (unpaired) electrons. The second-order valence-corrected chi connectivity index (χ2v) is 7.47. The van der Waals surface area contributed by atoms with Gasteiger partial charge in [-0.05, 0) is 24.6 Å². The molecule has 1 aromatic carbocycles. The zero-order valence-electron chi connectivity index (χ0n) is 14.6. The molecule has 2 aromatic heterocycles. The van der Waals surface area contributed by atoms with Gasteiger partial charge in [-0.25, -0.2) is 9.37 Å². The summed E-state index contributed by atoms with van der Waals surface area (Å²) in [5.41, 5.74) is 0.673. The topological polar surface area (TPSA) is 98.1 Å². The molecule has 0 spiro atoms. The fraction of sp³-hybridized carbons (Fsp3) is 0.200. The Morgan fingerprint density at radius 1 is 1.35 bits per heavy atom. The van der Waals surface area contributed by atoms with Gasteiger partial charge in [-0.3, -0.25) is 4.79 Å². The number of benzene rings is 1. The van der Waals surface area contributed by atoms with E-state index in [-0.39, 0.29) is 80.6 Å². The van der Waals surface area contributed by atoms with E-state index in [0.29, 0.717) is 4.34 Å². The van der Waals surface area contributed by atoms with Gasteiger partial charge in [0, 0.05) is 24.7 Å². The molecule has 0 aliphatic rings. The molecule has 6 nitrogen and oxygen atoms in total. The summed E-state index contributed by atoms with van der Waals surface area (Å²) < 4.78 is 25.4. The van der Waals surface area contributed by atoms with Crippen molar-refractivity contribution in [2.24, 2.45) is 0 Å². The molecular weight excluding hydrogens is 400 g/mol. The van der Waals surface area contributed by atoms with Crippen molar-refractivity contribution < 1.29 is 82.7 Å². The number of thiazole rings is 1. The van der Waals surface area contributed by atoms with Crippen molar-refractivity contribution in [1.82, 2.24) is 9.32 Å². The van der Waals surface area contributed by atoms with Gasteiger partial charge in [-0.15, -0.1) is 11.3 Å². The van der Waals surface area contributed by atoms with E-state index in [4.69, 9.17) is 0 Å². The summed E-state index contributed by atoms with van der Waals surface area (Å²) in [5, 5.41) is 2.00. The van der Waals surface area contributed by atoms with Crippen LogP contribution in [0.2, 0.25) is 0 Å². The Labute approximate surface area is 197 Å². The van der Waals surface area contributed by atoms with Crippen molar-refractivity contribution in [3.05, 3.63) is 51.9 Å². The fourth-order valence-electron chi connectivity index (χ4n) is 2.47. The maximum absolute atomic E-state index is 13.5. The minimum Gasteiger partial charge on any atom is -0.795 e. The average molecular weight is 412 g/mol. The van der Waals surface area contributed by atoms with Gasteiger partial charge in [-0.1, -0.05) is 13.3 Å². The number of halogens is 1. The molecule has 0 unspecified atom stereocenters. The van der Waals surface area contributed by atoms with Crippen LogP contribution in [0.15, 0.2) is 29.8 Å². The van der Waals surface area contributed by atoms with E-state index in [9.17, 15) is 23.5 Å². The number of fused-ring (bicyclic) bond motifs is 1.